The minimum absolute atomic E-state index is 0.0197. The van der Waals surface area contributed by atoms with Crippen molar-refractivity contribution in [2.75, 3.05) is 0 Å². The number of esters is 1. The van der Waals surface area contributed by atoms with E-state index in [9.17, 15) is 14.7 Å². The maximum atomic E-state index is 11.7. The summed E-state index contributed by atoms with van der Waals surface area (Å²) in [4.78, 5) is 22.8. The molecule has 1 aliphatic carbocycles. The van der Waals surface area contributed by atoms with Gasteiger partial charge in [0.2, 0.25) is 0 Å². The van der Waals surface area contributed by atoms with E-state index in [2.05, 4.69) is 0 Å². The standard InChI is InChI=1S/C14H25NO4/c1-14(2,3)19-12(16)7-4-9-8-10(15)5-6-11(9)13(17)18/h9-11H,4-8,15H2,1-3H3,(H,17,18)/t9?,10-,11+/m1/s1. The Kier molecular flexibility index (Phi) is 5.35. The van der Waals surface area contributed by atoms with Crippen molar-refractivity contribution in [2.45, 2.75) is 64.5 Å². The smallest absolute Gasteiger partial charge is 0.306 e. The highest BCUT2D eigenvalue weighted by Crippen LogP contribution is 2.33. The van der Waals surface area contributed by atoms with E-state index in [0.29, 0.717) is 19.3 Å². The van der Waals surface area contributed by atoms with E-state index in [1.165, 1.54) is 0 Å². The lowest BCUT2D eigenvalue weighted by Gasteiger charge is -2.32. The summed E-state index contributed by atoms with van der Waals surface area (Å²) in [5, 5.41) is 9.19. The Morgan fingerprint density at radius 1 is 1.32 bits per heavy atom. The highest BCUT2D eigenvalue weighted by molar-refractivity contribution is 5.71. The van der Waals surface area contributed by atoms with Crippen molar-refractivity contribution in [2.24, 2.45) is 17.6 Å². The fourth-order valence-corrected chi connectivity index (χ4v) is 2.64. The van der Waals surface area contributed by atoms with Crippen molar-refractivity contribution in [3.8, 4) is 0 Å². The summed E-state index contributed by atoms with van der Waals surface area (Å²) in [6.45, 7) is 5.46. The number of hydrogen-bond donors (Lipinski definition) is 2. The van der Waals surface area contributed by atoms with Crippen LogP contribution in [0.4, 0.5) is 0 Å². The van der Waals surface area contributed by atoms with Gasteiger partial charge in [0.25, 0.3) is 0 Å². The summed E-state index contributed by atoms with van der Waals surface area (Å²) in [6, 6.07) is 0.0548. The number of rotatable bonds is 4. The van der Waals surface area contributed by atoms with Crippen molar-refractivity contribution >= 4 is 11.9 Å². The quantitative estimate of drug-likeness (QED) is 0.763. The molecule has 1 fully saturated rings. The molecule has 0 aromatic carbocycles. The number of carboxylic acids is 1. The molecule has 0 amide bonds. The Labute approximate surface area is 114 Å². The van der Waals surface area contributed by atoms with E-state index in [4.69, 9.17) is 10.5 Å². The summed E-state index contributed by atoms with van der Waals surface area (Å²) in [6.07, 6.45) is 2.84. The third-order valence-corrected chi connectivity index (χ3v) is 3.48. The molecule has 3 atom stereocenters. The number of nitrogens with two attached hydrogens (primary N) is 1. The third-order valence-electron chi connectivity index (χ3n) is 3.48. The number of ether oxygens (including phenoxy) is 1. The Balaban J connectivity index is 2.48. The first-order valence-corrected chi connectivity index (χ1v) is 6.89. The van der Waals surface area contributed by atoms with Crippen LogP contribution in [-0.4, -0.2) is 28.7 Å². The van der Waals surface area contributed by atoms with Crippen LogP contribution in [0.2, 0.25) is 0 Å². The molecule has 5 heteroatoms. The monoisotopic (exact) mass is 271 g/mol. The second kappa shape index (κ2) is 6.37. The van der Waals surface area contributed by atoms with Crippen LogP contribution in [0.3, 0.4) is 0 Å². The predicted octanol–water partition coefficient (Wildman–Crippen LogP) is 1.94. The molecular weight excluding hydrogens is 246 g/mol. The molecule has 0 spiro atoms. The van der Waals surface area contributed by atoms with Crippen molar-refractivity contribution in [3.05, 3.63) is 0 Å². The molecule has 110 valence electrons. The summed E-state index contributed by atoms with van der Waals surface area (Å²) in [5.74, 6) is -1.44. The van der Waals surface area contributed by atoms with Crippen LogP contribution in [0.25, 0.3) is 0 Å². The van der Waals surface area contributed by atoms with E-state index in [1.54, 1.807) is 0 Å². The van der Waals surface area contributed by atoms with Crippen LogP contribution in [0.15, 0.2) is 0 Å². The second-order valence-corrected chi connectivity index (χ2v) is 6.40. The topological polar surface area (TPSA) is 89.6 Å². The zero-order valence-electron chi connectivity index (χ0n) is 12.0. The lowest BCUT2D eigenvalue weighted by Crippen LogP contribution is -2.37. The van der Waals surface area contributed by atoms with Crippen LogP contribution in [0.1, 0.15) is 52.9 Å². The van der Waals surface area contributed by atoms with Gasteiger partial charge in [-0.15, -0.1) is 0 Å². The second-order valence-electron chi connectivity index (χ2n) is 6.40. The van der Waals surface area contributed by atoms with Crippen molar-refractivity contribution in [3.63, 3.8) is 0 Å². The van der Waals surface area contributed by atoms with Gasteiger partial charge < -0.3 is 15.6 Å². The van der Waals surface area contributed by atoms with Crippen LogP contribution < -0.4 is 5.73 Å². The fourth-order valence-electron chi connectivity index (χ4n) is 2.64. The van der Waals surface area contributed by atoms with Crippen molar-refractivity contribution in [1.82, 2.24) is 0 Å². The largest absolute Gasteiger partial charge is 0.481 e. The van der Waals surface area contributed by atoms with E-state index in [1.807, 2.05) is 20.8 Å². The molecule has 0 aliphatic heterocycles. The first-order valence-electron chi connectivity index (χ1n) is 6.89. The fraction of sp³-hybridized carbons (Fsp3) is 0.857. The Hall–Kier alpha value is -1.10. The molecule has 0 aromatic heterocycles. The molecule has 0 heterocycles. The molecule has 3 N–H and O–H groups in total. The van der Waals surface area contributed by atoms with E-state index < -0.39 is 11.6 Å². The third kappa shape index (κ3) is 5.59. The first-order chi connectivity index (χ1) is 8.69. The maximum absolute atomic E-state index is 11.7. The van der Waals surface area contributed by atoms with Gasteiger partial charge in [0.15, 0.2) is 0 Å². The van der Waals surface area contributed by atoms with Gasteiger partial charge in [-0.25, -0.2) is 0 Å². The molecule has 0 bridgehead atoms. The SMILES string of the molecule is CC(C)(C)OC(=O)CCC1C[C@H](N)CC[C@@H]1C(=O)O. The highest BCUT2D eigenvalue weighted by Gasteiger charge is 2.34. The molecule has 1 rings (SSSR count). The molecule has 1 aliphatic rings. The number of hydrogen-bond acceptors (Lipinski definition) is 4. The Morgan fingerprint density at radius 2 is 1.95 bits per heavy atom. The maximum Gasteiger partial charge on any atom is 0.306 e. The van der Waals surface area contributed by atoms with Crippen LogP contribution in [-0.2, 0) is 14.3 Å². The van der Waals surface area contributed by atoms with Gasteiger partial charge in [0.1, 0.15) is 5.60 Å². The average molecular weight is 271 g/mol. The number of carbonyl (C=O) groups is 2. The zero-order valence-corrected chi connectivity index (χ0v) is 12.0. The molecule has 19 heavy (non-hydrogen) atoms. The van der Waals surface area contributed by atoms with Crippen LogP contribution in [0.5, 0.6) is 0 Å². The van der Waals surface area contributed by atoms with E-state index in [-0.39, 0.29) is 30.3 Å². The van der Waals surface area contributed by atoms with Crippen molar-refractivity contribution < 1.29 is 19.4 Å². The molecule has 5 nitrogen and oxygen atoms in total. The Morgan fingerprint density at radius 3 is 2.47 bits per heavy atom. The molecule has 1 saturated carbocycles. The van der Waals surface area contributed by atoms with Gasteiger partial charge in [0, 0.05) is 12.5 Å². The highest BCUT2D eigenvalue weighted by atomic mass is 16.6. The lowest BCUT2D eigenvalue weighted by molar-refractivity contribution is -0.156. The summed E-state index contributed by atoms with van der Waals surface area (Å²) in [5.41, 5.74) is 5.39. The van der Waals surface area contributed by atoms with Gasteiger partial charge in [-0.2, -0.15) is 0 Å². The van der Waals surface area contributed by atoms with Crippen LogP contribution in [0, 0.1) is 11.8 Å². The minimum atomic E-state index is -0.777. The summed E-state index contributed by atoms with van der Waals surface area (Å²) >= 11 is 0. The van der Waals surface area contributed by atoms with Crippen molar-refractivity contribution in [1.29, 1.82) is 0 Å². The van der Waals surface area contributed by atoms with Gasteiger partial charge in [-0.1, -0.05) is 0 Å². The predicted molar refractivity (Wildman–Crippen MR) is 71.5 cm³/mol. The first kappa shape index (κ1) is 16.0. The number of carbonyl (C=O) groups excluding carboxylic acids is 1. The lowest BCUT2D eigenvalue weighted by atomic mass is 9.75. The Bertz CT molecular complexity index is 335. The molecule has 0 aromatic rings. The zero-order chi connectivity index (χ0) is 14.6. The van der Waals surface area contributed by atoms with E-state index in [0.717, 1.165) is 6.42 Å². The normalized spacial score (nSPS) is 27.9. The summed E-state index contributed by atoms with van der Waals surface area (Å²) in [7, 11) is 0. The molecule has 0 saturated heterocycles. The molecule has 0 radical (unpaired) electrons. The average Bonchev–Trinajstić information content (AvgIpc) is 2.23. The van der Waals surface area contributed by atoms with Gasteiger partial charge >= 0.3 is 11.9 Å². The number of carboxylic acid groups (broad SMARTS) is 1. The minimum Gasteiger partial charge on any atom is -0.481 e. The molecule has 1 unspecified atom stereocenters. The number of aliphatic carboxylic acids is 1. The molecular formula is C14H25NO4. The van der Waals surface area contributed by atoms with Crippen LogP contribution >= 0.6 is 0 Å². The van der Waals surface area contributed by atoms with Gasteiger partial charge in [0.05, 0.1) is 5.92 Å². The van der Waals surface area contributed by atoms with E-state index >= 15 is 0 Å². The van der Waals surface area contributed by atoms with Gasteiger partial charge in [-0.3, -0.25) is 9.59 Å². The van der Waals surface area contributed by atoms with Gasteiger partial charge in [-0.05, 0) is 52.4 Å². The summed E-state index contributed by atoms with van der Waals surface area (Å²) < 4.78 is 5.23.